The van der Waals surface area contributed by atoms with Crippen LogP contribution in [0.2, 0.25) is 0 Å². The van der Waals surface area contributed by atoms with Gasteiger partial charge in [0, 0.05) is 12.1 Å². The summed E-state index contributed by atoms with van der Waals surface area (Å²) in [5, 5.41) is 2.78. The van der Waals surface area contributed by atoms with E-state index >= 15 is 0 Å². The Morgan fingerprint density at radius 1 is 0.852 bits per heavy atom. The average molecular weight is 371 g/mol. The van der Waals surface area contributed by atoms with E-state index in [-0.39, 0.29) is 17.0 Å². The zero-order valence-corrected chi connectivity index (χ0v) is 15.4. The maximum absolute atomic E-state index is 11.9. The minimum absolute atomic E-state index is 0.0466. The van der Waals surface area contributed by atoms with E-state index in [9.17, 15) is 14.4 Å². The Morgan fingerprint density at radius 3 is 2.04 bits per heavy atom. The zero-order chi connectivity index (χ0) is 19.8. The van der Waals surface area contributed by atoms with Crippen molar-refractivity contribution in [3.05, 3.63) is 53.6 Å². The molecule has 0 aliphatic carbocycles. The molecule has 142 valence electrons. The monoisotopic (exact) mass is 371 g/mol. The van der Waals surface area contributed by atoms with E-state index in [2.05, 4.69) is 10.1 Å². The first kappa shape index (κ1) is 20.0. The molecule has 1 amide bonds. The number of anilines is 1. The average Bonchev–Trinajstić information content (AvgIpc) is 2.68. The summed E-state index contributed by atoms with van der Waals surface area (Å²) < 4.78 is 15.1. The van der Waals surface area contributed by atoms with E-state index in [0.717, 1.165) is 6.42 Å². The van der Waals surface area contributed by atoms with Gasteiger partial charge < -0.3 is 19.5 Å². The van der Waals surface area contributed by atoms with Crippen molar-refractivity contribution in [2.24, 2.45) is 0 Å². The number of esters is 2. The Balaban J connectivity index is 2.18. The third-order valence-corrected chi connectivity index (χ3v) is 3.65. The van der Waals surface area contributed by atoms with E-state index in [1.807, 2.05) is 6.92 Å². The van der Waals surface area contributed by atoms with E-state index in [4.69, 9.17) is 9.47 Å². The van der Waals surface area contributed by atoms with Gasteiger partial charge >= 0.3 is 11.9 Å². The number of hydrogen-bond donors (Lipinski definition) is 1. The van der Waals surface area contributed by atoms with Crippen LogP contribution in [0.25, 0.3) is 0 Å². The second-order valence-electron chi connectivity index (χ2n) is 5.62. The lowest BCUT2D eigenvalue weighted by Gasteiger charge is -2.11. The predicted molar refractivity (Wildman–Crippen MR) is 99.2 cm³/mol. The van der Waals surface area contributed by atoms with Gasteiger partial charge in [-0.3, -0.25) is 4.79 Å². The predicted octanol–water partition coefficient (Wildman–Crippen LogP) is 3.79. The lowest BCUT2D eigenvalue weighted by molar-refractivity contribution is -0.116. The van der Waals surface area contributed by atoms with Crippen molar-refractivity contribution >= 4 is 23.5 Å². The molecule has 0 heterocycles. The molecule has 0 fully saturated rings. The molecule has 7 heteroatoms. The molecular formula is C20H21NO6. The van der Waals surface area contributed by atoms with E-state index in [1.54, 1.807) is 30.3 Å². The minimum atomic E-state index is -0.671. The maximum atomic E-state index is 11.9. The van der Waals surface area contributed by atoms with Crippen LogP contribution < -0.4 is 10.1 Å². The van der Waals surface area contributed by atoms with E-state index in [0.29, 0.717) is 23.6 Å². The van der Waals surface area contributed by atoms with Crippen LogP contribution in [0, 0.1) is 0 Å². The van der Waals surface area contributed by atoms with Crippen LogP contribution >= 0.6 is 0 Å². The molecule has 2 aromatic carbocycles. The van der Waals surface area contributed by atoms with Crippen molar-refractivity contribution in [1.82, 2.24) is 0 Å². The van der Waals surface area contributed by atoms with Gasteiger partial charge in [-0.05, 0) is 48.9 Å². The Bertz CT molecular complexity index is 829. The number of carbonyl (C=O) groups excluding carboxylic acids is 3. The highest BCUT2D eigenvalue weighted by atomic mass is 16.5. The molecule has 0 aliphatic rings. The lowest BCUT2D eigenvalue weighted by atomic mass is 10.1. The molecule has 1 N–H and O–H groups in total. The molecule has 2 rings (SSSR count). The molecule has 0 saturated heterocycles. The number of benzene rings is 2. The molecule has 0 aromatic heterocycles. The van der Waals surface area contributed by atoms with Crippen molar-refractivity contribution in [1.29, 1.82) is 0 Å². The Morgan fingerprint density at radius 2 is 1.44 bits per heavy atom. The summed E-state index contributed by atoms with van der Waals surface area (Å²) in [5.74, 6) is -0.507. The summed E-state index contributed by atoms with van der Waals surface area (Å²) in [4.78, 5) is 35.3. The number of ether oxygens (including phenoxy) is 3. The number of hydrogen-bond acceptors (Lipinski definition) is 6. The molecule has 0 aliphatic heterocycles. The summed E-state index contributed by atoms with van der Waals surface area (Å²) in [5.41, 5.74) is 0.799. The maximum Gasteiger partial charge on any atom is 0.338 e. The van der Waals surface area contributed by atoms with Gasteiger partial charge in [0.1, 0.15) is 11.5 Å². The van der Waals surface area contributed by atoms with Crippen molar-refractivity contribution in [3.8, 4) is 11.5 Å². The quantitative estimate of drug-likeness (QED) is 0.745. The normalized spacial score (nSPS) is 10.0. The van der Waals surface area contributed by atoms with Crippen molar-refractivity contribution in [2.45, 2.75) is 19.8 Å². The van der Waals surface area contributed by atoms with Gasteiger partial charge in [-0.2, -0.15) is 0 Å². The Labute approximate surface area is 157 Å². The fourth-order valence-electron chi connectivity index (χ4n) is 2.35. The van der Waals surface area contributed by atoms with Gasteiger partial charge in [-0.25, -0.2) is 9.59 Å². The number of amides is 1. The van der Waals surface area contributed by atoms with E-state index < -0.39 is 11.9 Å². The fraction of sp³-hybridized carbons (Fsp3) is 0.250. The van der Waals surface area contributed by atoms with Crippen molar-refractivity contribution in [3.63, 3.8) is 0 Å². The molecule has 7 nitrogen and oxygen atoms in total. The largest absolute Gasteiger partial charge is 0.465 e. The van der Waals surface area contributed by atoms with Crippen LogP contribution in [0.15, 0.2) is 42.5 Å². The highest BCUT2D eigenvalue weighted by Gasteiger charge is 2.19. The van der Waals surface area contributed by atoms with Crippen molar-refractivity contribution < 1.29 is 28.6 Å². The van der Waals surface area contributed by atoms with Crippen LogP contribution in [0.3, 0.4) is 0 Å². The van der Waals surface area contributed by atoms with E-state index in [1.165, 1.54) is 26.4 Å². The van der Waals surface area contributed by atoms with Crippen LogP contribution in [0.4, 0.5) is 5.69 Å². The Hall–Kier alpha value is -3.35. The van der Waals surface area contributed by atoms with Crippen LogP contribution in [0.1, 0.15) is 40.5 Å². The van der Waals surface area contributed by atoms with Gasteiger partial charge in [-0.1, -0.05) is 6.92 Å². The number of carbonyl (C=O) groups is 3. The van der Waals surface area contributed by atoms with Crippen LogP contribution in [-0.4, -0.2) is 32.1 Å². The number of rotatable bonds is 7. The standard InChI is InChI=1S/C20H21NO6/c1-4-5-18(22)21-13-6-8-14(9-7-13)27-15-10-11-16(19(23)25-2)17(12-15)20(24)26-3/h6-12H,4-5H2,1-3H3,(H,21,22). The first-order chi connectivity index (χ1) is 13.0. The summed E-state index contributed by atoms with van der Waals surface area (Å²) >= 11 is 0. The number of nitrogens with one attached hydrogen (secondary N) is 1. The second-order valence-corrected chi connectivity index (χ2v) is 5.62. The first-order valence-electron chi connectivity index (χ1n) is 8.37. The summed E-state index contributed by atoms with van der Waals surface area (Å²) in [6.07, 6.45) is 1.23. The molecule has 0 bridgehead atoms. The first-order valence-corrected chi connectivity index (χ1v) is 8.37. The third kappa shape index (κ3) is 5.31. The lowest BCUT2D eigenvalue weighted by Crippen LogP contribution is -2.11. The molecule has 0 unspecified atom stereocenters. The topological polar surface area (TPSA) is 90.9 Å². The molecular weight excluding hydrogens is 350 g/mol. The third-order valence-electron chi connectivity index (χ3n) is 3.65. The van der Waals surface area contributed by atoms with Crippen LogP contribution in [-0.2, 0) is 14.3 Å². The highest BCUT2D eigenvalue weighted by molar-refractivity contribution is 6.03. The second kappa shape index (κ2) is 9.38. The number of methoxy groups -OCH3 is 2. The molecule has 0 saturated carbocycles. The fourth-order valence-corrected chi connectivity index (χ4v) is 2.35. The molecule has 0 spiro atoms. The molecule has 0 radical (unpaired) electrons. The molecule has 2 aromatic rings. The summed E-state index contributed by atoms with van der Waals surface area (Å²) in [6, 6.07) is 11.2. The van der Waals surface area contributed by atoms with Gasteiger partial charge in [0.05, 0.1) is 25.3 Å². The minimum Gasteiger partial charge on any atom is -0.465 e. The summed E-state index contributed by atoms with van der Waals surface area (Å²) in [7, 11) is 2.46. The van der Waals surface area contributed by atoms with Gasteiger partial charge in [0.25, 0.3) is 0 Å². The smallest absolute Gasteiger partial charge is 0.338 e. The zero-order valence-electron chi connectivity index (χ0n) is 15.4. The van der Waals surface area contributed by atoms with Gasteiger partial charge in [0.2, 0.25) is 5.91 Å². The van der Waals surface area contributed by atoms with Crippen LogP contribution in [0.5, 0.6) is 11.5 Å². The molecule has 0 atom stereocenters. The van der Waals surface area contributed by atoms with Crippen molar-refractivity contribution in [2.75, 3.05) is 19.5 Å². The highest BCUT2D eigenvalue weighted by Crippen LogP contribution is 2.26. The van der Waals surface area contributed by atoms with Gasteiger partial charge in [0.15, 0.2) is 0 Å². The van der Waals surface area contributed by atoms with Gasteiger partial charge in [-0.15, -0.1) is 0 Å². The Kier molecular flexibility index (Phi) is 6.93. The molecule has 27 heavy (non-hydrogen) atoms. The summed E-state index contributed by atoms with van der Waals surface area (Å²) in [6.45, 7) is 1.94. The SMILES string of the molecule is CCCC(=O)Nc1ccc(Oc2ccc(C(=O)OC)c(C(=O)OC)c2)cc1.